The molecular formula is C28H29ClN2O2Si. The zero-order chi connectivity index (χ0) is 24.3. The number of anilines is 1. The molecule has 174 valence electrons. The molecule has 0 aliphatic heterocycles. The van der Waals surface area contributed by atoms with Crippen LogP contribution in [-0.2, 0) is 11.0 Å². The minimum atomic E-state index is -2.76. The van der Waals surface area contributed by atoms with Gasteiger partial charge in [0.1, 0.15) is 0 Å². The van der Waals surface area contributed by atoms with E-state index in [9.17, 15) is 4.79 Å². The second-order valence-electron chi connectivity index (χ2n) is 9.37. The normalized spacial score (nSPS) is 12.0. The van der Waals surface area contributed by atoms with Gasteiger partial charge in [0, 0.05) is 17.4 Å². The molecule has 0 fully saturated rings. The van der Waals surface area contributed by atoms with Crippen LogP contribution < -0.4 is 21.7 Å². The highest BCUT2D eigenvalue weighted by molar-refractivity contribution is 6.99. The molecule has 34 heavy (non-hydrogen) atoms. The molecule has 1 aromatic heterocycles. The van der Waals surface area contributed by atoms with Crippen molar-refractivity contribution in [2.24, 2.45) is 0 Å². The van der Waals surface area contributed by atoms with Crippen LogP contribution >= 0.6 is 11.6 Å². The third kappa shape index (κ3) is 4.47. The molecule has 6 heteroatoms. The van der Waals surface area contributed by atoms with E-state index in [1.165, 1.54) is 10.4 Å². The highest BCUT2D eigenvalue weighted by Crippen LogP contribution is 2.37. The summed E-state index contributed by atoms with van der Waals surface area (Å²) in [6.45, 7) is 6.85. The van der Waals surface area contributed by atoms with Crippen molar-refractivity contribution < 1.29 is 4.43 Å². The topological polar surface area (TPSA) is 57.2 Å². The van der Waals surface area contributed by atoms with Crippen molar-refractivity contribution >= 4 is 36.0 Å². The average molecular weight is 489 g/mol. The Balaban J connectivity index is 1.80. The molecule has 0 aliphatic carbocycles. The molecule has 0 bridgehead atoms. The number of halogens is 1. The monoisotopic (exact) mass is 488 g/mol. The Hall–Kier alpha value is -3.12. The first-order valence-corrected chi connectivity index (χ1v) is 13.5. The van der Waals surface area contributed by atoms with E-state index in [1.807, 2.05) is 48.5 Å². The van der Waals surface area contributed by atoms with Crippen molar-refractivity contribution in [1.82, 2.24) is 4.57 Å². The van der Waals surface area contributed by atoms with Crippen LogP contribution in [0.4, 0.5) is 5.69 Å². The molecule has 4 aromatic rings. The first-order chi connectivity index (χ1) is 16.2. The van der Waals surface area contributed by atoms with Gasteiger partial charge in [0.15, 0.2) is 0 Å². The van der Waals surface area contributed by atoms with Crippen molar-refractivity contribution in [3.8, 4) is 5.69 Å². The lowest BCUT2D eigenvalue weighted by Gasteiger charge is -2.43. The molecular weight excluding hydrogens is 460 g/mol. The summed E-state index contributed by atoms with van der Waals surface area (Å²) in [5, 5.41) is 2.59. The molecule has 0 unspecified atom stereocenters. The van der Waals surface area contributed by atoms with E-state index in [-0.39, 0.29) is 17.2 Å². The number of hydrogen-bond acceptors (Lipinski definition) is 3. The van der Waals surface area contributed by atoms with Gasteiger partial charge >= 0.3 is 0 Å². The summed E-state index contributed by atoms with van der Waals surface area (Å²) in [5.41, 5.74) is 7.39. The molecule has 1 heterocycles. The Morgan fingerprint density at radius 3 is 2.00 bits per heavy atom. The van der Waals surface area contributed by atoms with E-state index in [0.29, 0.717) is 22.0 Å². The summed E-state index contributed by atoms with van der Waals surface area (Å²) >= 11 is 6.39. The smallest absolute Gasteiger partial charge is 0.261 e. The van der Waals surface area contributed by atoms with Crippen molar-refractivity contribution in [3.63, 3.8) is 0 Å². The van der Waals surface area contributed by atoms with Crippen LogP contribution in [-0.4, -0.2) is 12.9 Å². The van der Waals surface area contributed by atoms with E-state index in [2.05, 4.69) is 45.0 Å². The Kier molecular flexibility index (Phi) is 6.80. The Morgan fingerprint density at radius 1 is 0.882 bits per heavy atom. The molecule has 0 atom stereocenters. The zero-order valence-electron chi connectivity index (χ0n) is 19.7. The van der Waals surface area contributed by atoms with Gasteiger partial charge in [0.05, 0.1) is 17.3 Å². The summed E-state index contributed by atoms with van der Waals surface area (Å²) in [4.78, 5) is 13.5. The van der Waals surface area contributed by atoms with Crippen LogP contribution in [0.5, 0.6) is 0 Å². The van der Waals surface area contributed by atoms with Crippen LogP contribution in [0.1, 0.15) is 26.3 Å². The number of hydrogen-bond donors (Lipinski definition) is 1. The summed E-state index contributed by atoms with van der Waals surface area (Å²) in [7, 11) is -2.76. The maximum Gasteiger partial charge on any atom is 0.261 e. The SMILES string of the molecule is CC(C)(C)[Si](OCc1cccn(-c2ccc(N)cc2Cl)c1=O)(c1ccccc1)c1ccccc1. The third-order valence-corrected chi connectivity index (χ3v) is 11.4. The first kappa shape index (κ1) is 24.0. The fraction of sp³-hybridized carbons (Fsp3) is 0.179. The number of pyridine rings is 1. The van der Waals surface area contributed by atoms with E-state index >= 15 is 0 Å². The van der Waals surface area contributed by atoms with E-state index in [4.69, 9.17) is 21.8 Å². The summed E-state index contributed by atoms with van der Waals surface area (Å²) in [5.74, 6) is 0. The Labute approximate surface area is 206 Å². The number of nitrogen functional groups attached to an aromatic ring is 1. The highest BCUT2D eigenvalue weighted by Gasteiger charge is 2.50. The molecule has 4 nitrogen and oxygen atoms in total. The lowest BCUT2D eigenvalue weighted by atomic mass is 10.2. The van der Waals surface area contributed by atoms with Gasteiger partial charge in [-0.25, -0.2) is 0 Å². The van der Waals surface area contributed by atoms with Crippen molar-refractivity contribution in [1.29, 1.82) is 0 Å². The number of benzene rings is 3. The molecule has 2 N–H and O–H groups in total. The average Bonchev–Trinajstić information content (AvgIpc) is 2.81. The predicted molar refractivity (Wildman–Crippen MR) is 144 cm³/mol. The highest BCUT2D eigenvalue weighted by atomic mass is 35.5. The number of nitrogens with zero attached hydrogens (tertiary/aromatic N) is 1. The Morgan fingerprint density at radius 2 is 1.47 bits per heavy atom. The fourth-order valence-electron chi connectivity index (χ4n) is 4.50. The molecule has 0 saturated heterocycles. The molecule has 3 aromatic carbocycles. The second-order valence-corrected chi connectivity index (χ2v) is 14.1. The van der Waals surface area contributed by atoms with Gasteiger partial charge in [-0.05, 0) is 45.7 Å². The van der Waals surface area contributed by atoms with Crippen LogP contribution in [0.15, 0.2) is 102 Å². The van der Waals surface area contributed by atoms with Crippen molar-refractivity contribution in [2.75, 3.05) is 5.73 Å². The first-order valence-electron chi connectivity index (χ1n) is 11.2. The van der Waals surface area contributed by atoms with E-state index < -0.39 is 8.32 Å². The quantitative estimate of drug-likeness (QED) is 0.301. The number of rotatable bonds is 6. The van der Waals surface area contributed by atoms with Crippen LogP contribution in [0.25, 0.3) is 5.69 Å². The number of nitrogens with two attached hydrogens (primary N) is 1. The van der Waals surface area contributed by atoms with Gasteiger partial charge in [-0.1, -0.05) is 93.0 Å². The maximum atomic E-state index is 13.5. The van der Waals surface area contributed by atoms with Gasteiger partial charge in [-0.15, -0.1) is 0 Å². The molecule has 0 saturated carbocycles. The molecule has 0 amide bonds. The van der Waals surface area contributed by atoms with Crippen LogP contribution in [0.3, 0.4) is 0 Å². The summed E-state index contributed by atoms with van der Waals surface area (Å²) in [6, 6.07) is 29.6. The summed E-state index contributed by atoms with van der Waals surface area (Å²) < 4.78 is 8.49. The third-order valence-electron chi connectivity index (χ3n) is 6.12. The van der Waals surface area contributed by atoms with Gasteiger partial charge in [-0.3, -0.25) is 9.36 Å². The maximum absolute atomic E-state index is 13.5. The second kappa shape index (κ2) is 9.62. The molecule has 0 radical (unpaired) electrons. The van der Waals surface area contributed by atoms with Crippen molar-refractivity contribution in [2.45, 2.75) is 32.4 Å². The molecule has 4 rings (SSSR count). The summed E-state index contributed by atoms with van der Waals surface area (Å²) in [6.07, 6.45) is 1.71. The van der Waals surface area contributed by atoms with Crippen LogP contribution in [0, 0.1) is 0 Å². The minimum absolute atomic E-state index is 0.160. The standard InChI is InChI=1S/C28H29ClN2O2Si/c1-28(2,3)34(23-12-6-4-7-13-23,24-14-8-5-9-15-24)33-20-21-11-10-18-31(27(21)32)26-17-16-22(30)19-25(26)29/h4-19H,20,30H2,1-3H3. The largest absolute Gasteiger partial charge is 0.403 e. The lowest BCUT2D eigenvalue weighted by molar-refractivity contribution is 0.284. The van der Waals surface area contributed by atoms with Gasteiger partial charge < -0.3 is 10.2 Å². The molecule has 0 spiro atoms. The van der Waals surface area contributed by atoms with Gasteiger partial charge in [-0.2, -0.15) is 0 Å². The number of aromatic nitrogens is 1. The van der Waals surface area contributed by atoms with Crippen LogP contribution in [0.2, 0.25) is 10.1 Å². The fourth-order valence-corrected chi connectivity index (χ4v) is 9.31. The van der Waals surface area contributed by atoms with Gasteiger partial charge in [0.2, 0.25) is 0 Å². The predicted octanol–water partition coefficient (Wildman–Crippen LogP) is 5.15. The van der Waals surface area contributed by atoms with E-state index in [0.717, 1.165) is 0 Å². The van der Waals surface area contributed by atoms with E-state index in [1.54, 1.807) is 29.0 Å². The Bertz CT molecular complexity index is 1290. The zero-order valence-corrected chi connectivity index (χ0v) is 21.4. The van der Waals surface area contributed by atoms with Gasteiger partial charge in [0.25, 0.3) is 13.9 Å². The minimum Gasteiger partial charge on any atom is -0.403 e. The van der Waals surface area contributed by atoms with Crippen molar-refractivity contribution in [3.05, 3.63) is 118 Å². The molecule has 0 aliphatic rings. The lowest BCUT2D eigenvalue weighted by Crippen LogP contribution is -2.66.